The van der Waals surface area contributed by atoms with Crippen LogP contribution >= 0.6 is 0 Å². The summed E-state index contributed by atoms with van der Waals surface area (Å²) in [5, 5.41) is 9.83. The highest BCUT2D eigenvalue weighted by atomic mass is 19.1. The Morgan fingerprint density at radius 2 is 2.14 bits per heavy atom. The van der Waals surface area contributed by atoms with Gasteiger partial charge >= 0.3 is 6.03 Å². The largest absolute Gasteiger partial charge is 0.436 e. The molecule has 0 bridgehead atoms. The lowest BCUT2D eigenvalue weighted by atomic mass is 9.85. The van der Waals surface area contributed by atoms with Gasteiger partial charge in [-0.15, -0.1) is 0 Å². The van der Waals surface area contributed by atoms with Crippen LogP contribution in [0.4, 0.5) is 15.1 Å². The highest BCUT2D eigenvalue weighted by Gasteiger charge is 2.24. The van der Waals surface area contributed by atoms with Crippen LogP contribution in [-0.2, 0) is 13.6 Å². The number of rotatable bonds is 6. The molecule has 1 aliphatic rings. The zero-order valence-corrected chi connectivity index (χ0v) is 15.9. The van der Waals surface area contributed by atoms with E-state index in [1.807, 2.05) is 0 Å². The average molecular weight is 396 g/mol. The van der Waals surface area contributed by atoms with Crippen LogP contribution in [0.2, 0.25) is 0 Å². The number of urea groups is 1. The number of anilines is 1. The number of ether oxygens (including phenoxy) is 1. The molecule has 1 aromatic carbocycles. The molecule has 0 unspecified atom stereocenters. The number of nitrogens with one attached hydrogen (secondary N) is 2. The summed E-state index contributed by atoms with van der Waals surface area (Å²) in [6.07, 6.45) is 4.92. The summed E-state index contributed by atoms with van der Waals surface area (Å²) in [5.41, 5.74) is 0.759. The normalized spacial score (nSPS) is 13.6. The fraction of sp³-hybridized carbons (Fsp3) is 0.300. The van der Waals surface area contributed by atoms with Crippen molar-refractivity contribution in [1.29, 1.82) is 0 Å². The van der Waals surface area contributed by atoms with Crippen LogP contribution < -0.4 is 15.4 Å². The van der Waals surface area contributed by atoms with Gasteiger partial charge in [0.05, 0.1) is 0 Å². The van der Waals surface area contributed by atoms with Gasteiger partial charge in [0.2, 0.25) is 11.8 Å². The third kappa shape index (κ3) is 4.50. The molecule has 0 atom stereocenters. The average Bonchev–Trinajstić information content (AvgIpc) is 3.00. The molecule has 2 heterocycles. The minimum atomic E-state index is -0.470. The lowest BCUT2D eigenvalue weighted by molar-refractivity contribution is 0.251. The van der Waals surface area contributed by atoms with E-state index < -0.39 is 11.8 Å². The second-order valence-electron chi connectivity index (χ2n) is 6.89. The van der Waals surface area contributed by atoms with E-state index >= 15 is 0 Å². The molecule has 1 aliphatic carbocycles. The highest BCUT2D eigenvalue weighted by Crippen LogP contribution is 2.34. The Morgan fingerprint density at radius 1 is 1.31 bits per heavy atom. The smallest absolute Gasteiger partial charge is 0.321 e. The maximum absolute atomic E-state index is 13.7. The van der Waals surface area contributed by atoms with Crippen molar-refractivity contribution < 1.29 is 13.9 Å². The van der Waals surface area contributed by atoms with Crippen molar-refractivity contribution in [3.05, 3.63) is 59.8 Å². The summed E-state index contributed by atoms with van der Waals surface area (Å²) >= 11 is 0. The van der Waals surface area contributed by atoms with Crippen molar-refractivity contribution in [3.63, 3.8) is 0 Å². The first-order chi connectivity index (χ1) is 14.1. The number of halogens is 1. The van der Waals surface area contributed by atoms with Gasteiger partial charge in [-0.05, 0) is 36.6 Å². The van der Waals surface area contributed by atoms with Crippen molar-refractivity contribution in [2.75, 3.05) is 5.32 Å². The molecule has 0 saturated heterocycles. The fourth-order valence-electron chi connectivity index (χ4n) is 2.94. The minimum absolute atomic E-state index is 0.0902. The van der Waals surface area contributed by atoms with Gasteiger partial charge in [0, 0.05) is 31.8 Å². The third-order valence-corrected chi connectivity index (χ3v) is 4.78. The molecule has 1 saturated carbocycles. The Morgan fingerprint density at radius 3 is 2.90 bits per heavy atom. The van der Waals surface area contributed by atoms with E-state index in [0.29, 0.717) is 11.9 Å². The molecule has 1 fully saturated rings. The van der Waals surface area contributed by atoms with Crippen LogP contribution in [0.15, 0.2) is 42.6 Å². The van der Waals surface area contributed by atoms with Gasteiger partial charge in [-0.3, -0.25) is 5.32 Å². The van der Waals surface area contributed by atoms with E-state index in [2.05, 4.69) is 25.7 Å². The van der Waals surface area contributed by atoms with E-state index in [1.54, 1.807) is 42.2 Å². The first-order valence-corrected chi connectivity index (χ1v) is 9.41. The van der Waals surface area contributed by atoms with Crippen LogP contribution in [0, 0.1) is 5.82 Å². The topological polar surface area (TPSA) is 94.0 Å². The van der Waals surface area contributed by atoms with Crippen molar-refractivity contribution in [1.82, 2.24) is 25.1 Å². The molecule has 0 aliphatic heterocycles. The molecule has 2 amide bonds. The summed E-state index contributed by atoms with van der Waals surface area (Å²) in [6.45, 7) is 0.245. The number of aromatic nitrogens is 4. The van der Waals surface area contributed by atoms with Gasteiger partial charge in [-0.1, -0.05) is 18.6 Å². The molecule has 0 spiro atoms. The summed E-state index contributed by atoms with van der Waals surface area (Å²) in [4.78, 5) is 20.7. The van der Waals surface area contributed by atoms with Crippen molar-refractivity contribution in [2.45, 2.75) is 31.7 Å². The number of hydrogen-bond acceptors (Lipinski definition) is 5. The molecule has 150 valence electrons. The van der Waals surface area contributed by atoms with Crippen molar-refractivity contribution >= 4 is 12.0 Å². The molecule has 29 heavy (non-hydrogen) atoms. The molecule has 0 radical (unpaired) electrons. The Kier molecular flexibility index (Phi) is 5.37. The van der Waals surface area contributed by atoms with Gasteiger partial charge < -0.3 is 10.1 Å². The van der Waals surface area contributed by atoms with E-state index in [1.165, 1.54) is 18.6 Å². The second-order valence-corrected chi connectivity index (χ2v) is 6.89. The molecule has 8 nitrogen and oxygen atoms in total. The number of carbonyl (C=O) groups excluding carboxylic acids is 1. The Balaban J connectivity index is 1.33. The molecule has 2 aromatic heterocycles. The fourth-order valence-corrected chi connectivity index (χ4v) is 2.94. The summed E-state index contributed by atoms with van der Waals surface area (Å²) in [7, 11) is 1.75. The van der Waals surface area contributed by atoms with Crippen LogP contribution in [-0.4, -0.2) is 25.8 Å². The molecule has 3 aromatic rings. The Bertz CT molecular complexity index is 1020. The van der Waals surface area contributed by atoms with Gasteiger partial charge in [0.1, 0.15) is 0 Å². The predicted molar refractivity (Wildman–Crippen MR) is 104 cm³/mol. The van der Waals surface area contributed by atoms with Crippen LogP contribution in [0.1, 0.15) is 36.6 Å². The monoisotopic (exact) mass is 396 g/mol. The summed E-state index contributed by atoms with van der Waals surface area (Å²) < 4.78 is 20.8. The Labute approximate surface area is 167 Å². The molecule has 9 heteroatoms. The lowest BCUT2D eigenvalue weighted by Gasteiger charge is -2.21. The molecule has 2 N–H and O–H groups in total. The number of nitrogens with zero attached hydrogens (tertiary/aromatic N) is 4. The summed E-state index contributed by atoms with van der Waals surface area (Å²) in [6, 6.07) is 9.09. The van der Waals surface area contributed by atoms with Gasteiger partial charge in [0.25, 0.3) is 0 Å². The van der Waals surface area contributed by atoms with E-state index in [-0.39, 0.29) is 18.2 Å². The van der Waals surface area contributed by atoms with Crippen molar-refractivity contribution in [2.24, 2.45) is 7.05 Å². The highest BCUT2D eigenvalue weighted by molar-refractivity contribution is 5.87. The summed E-state index contributed by atoms with van der Waals surface area (Å²) in [5.74, 6) is 1.44. The predicted octanol–water partition coefficient (Wildman–Crippen LogP) is 3.73. The maximum Gasteiger partial charge on any atom is 0.321 e. The number of carbonyl (C=O) groups is 1. The van der Waals surface area contributed by atoms with Gasteiger partial charge in [-0.25, -0.2) is 18.9 Å². The first kappa shape index (κ1) is 18.9. The quantitative estimate of drug-likeness (QED) is 0.662. The van der Waals surface area contributed by atoms with Crippen LogP contribution in [0.25, 0.3) is 0 Å². The first-order valence-electron chi connectivity index (χ1n) is 9.41. The maximum atomic E-state index is 13.7. The third-order valence-electron chi connectivity index (χ3n) is 4.78. The SMILES string of the molecule is Cn1nc(C2CCC2)nc1NC(=O)NCc1ccnc(Oc2ccccc2F)c1. The Hall–Kier alpha value is -3.49. The molecular weight excluding hydrogens is 375 g/mol. The van der Waals surface area contributed by atoms with Gasteiger partial charge in [0.15, 0.2) is 17.4 Å². The minimum Gasteiger partial charge on any atom is -0.436 e. The number of pyridine rings is 1. The number of hydrogen-bond donors (Lipinski definition) is 2. The molecular formula is C20H21FN6O2. The molecule has 4 rings (SSSR count). The number of para-hydroxylation sites is 1. The van der Waals surface area contributed by atoms with Crippen LogP contribution in [0.3, 0.4) is 0 Å². The zero-order chi connectivity index (χ0) is 20.2. The second kappa shape index (κ2) is 8.26. The lowest BCUT2D eigenvalue weighted by Crippen LogP contribution is -2.29. The number of aryl methyl sites for hydroxylation is 1. The zero-order valence-electron chi connectivity index (χ0n) is 15.9. The van der Waals surface area contributed by atoms with Gasteiger partial charge in [-0.2, -0.15) is 10.1 Å². The van der Waals surface area contributed by atoms with E-state index in [0.717, 1.165) is 24.2 Å². The van der Waals surface area contributed by atoms with E-state index in [9.17, 15) is 9.18 Å². The van der Waals surface area contributed by atoms with E-state index in [4.69, 9.17) is 4.74 Å². The standard InChI is InChI=1S/C20H21FN6O2/c1-27-19(24-18(26-27)14-5-4-6-14)25-20(28)23-12-13-9-10-22-17(11-13)29-16-8-3-2-7-15(16)21/h2-3,7-11,14H,4-6,12H2,1H3,(H2,23,24,25,26,28). The van der Waals surface area contributed by atoms with Crippen LogP contribution in [0.5, 0.6) is 11.6 Å². The number of benzene rings is 1. The van der Waals surface area contributed by atoms with Crippen molar-refractivity contribution in [3.8, 4) is 11.6 Å². The number of amides is 2.